The Bertz CT molecular complexity index is 1890. The Morgan fingerprint density at radius 1 is 0.698 bits per heavy atom. The van der Waals surface area contributed by atoms with E-state index < -0.39 is 17.8 Å². The first-order valence-corrected chi connectivity index (χ1v) is 13.8. The maximum atomic E-state index is 14.1. The number of amides is 4. The van der Waals surface area contributed by atoms with Gasteiger partial charge in [-0.1, -0.05) is 84.9 Å². The number of anilines is 2. The SMILES string of the molecule is COc1cc(/C=C2\C(=O)N(c3cccc(C)c3)C(=O)N(c3cccc4ccccc34)C2=O)ccc1OCc1ccccc1. The first kappa shape index (κ1) is 27.5. The molecule has 0 spiro atoms. The molecule has 0 unspecified atom stereocenters. The van der Waals surface area contributed by atoms with Crippen molar-refractivity contribution in [2.45, 2.75) is 13.5 Å². The van der Waals surface area contributed by atoms with Gasteiger partial charge >= 0.3 is 6.03 Å². The molecule has 0 aliphatic carbocycles. The quantitative estimate of drug-likeness (QED) is 0.152. The van der Waals surface area contributed by atoms with Gasteiger partial charge in [-0.3, -0.25) is 9.59 Å². The minimum atomic E-state index is -0.739. The smallest absolute Gasteiger partial charge is 0.343 e. The van der Waals surface area contributed by atoms with E-state index in [0.717, 1.165) is 26.3 Å². The van der Waals surface area contributed by atoms with Crippen molar-refractivity contribution in [3.05, 3.63) is 138 Å². The Hall–Kier alpha value is -5.69. The molecule has 7 nitrogen and oxygen atoms in total. The number of nitrogens with zero attached hydrogens (tertiary/aromatic N) is 2. The lowest BCUT2D eigenvalue weighted by Crippen LogP contribution is -2.57. The molecule has 0 aromatic heterocycles. The number of aryl methyl sites for hydroxylation is 1. The second-order valence-electron chi connectivity index (χ2n) is 10.1. The van der Waals surface area contributed by atoms with Crippen LogP contribution in [0, 0.1) is 6.92 Å². The summed E-state index contributed by atoms with van der Waals surface area (Å²) in [5, 5.41) is 1.58. The molecule has 4 amide bonds. The molecule has 6 rings (SSSR count). The lowest BCUT2D eigenvalue weighted by Gasteiger charge is -2.34. The number of hydrogen-bond acceptors (Lipinski definition) is 5. The van der Waals surface area contributed by atoms with Gasteiger partial charge in [-0.2, -0.15) is 0 Å². The second kappa shape index (κ2) is 11.7. The molecule has 212 valence electrons. The third-order valence-corrected chi connectivity index (χ3v) is 7.25. The summed E-state index contributed by atoms with van der Waals surface area (Å²) in [7, 11) is 1.53. The average molecular weight is 569 g/mol. The first-order valence-electron chi connectivity index (χ1n) is 13.8. The molecule has 1 heterocycles. The lowest BCUT2D eigenvalue weighted by atomic mass is 10.0. The van der Waals surface area contributed by atoms with Crippen molar-refractivity contribution in [3.8, 4) is 11.5 Å². The van der Waals surface area contributed by atoms with Gasteiger partial charge in [0.25, 0.3) is 11.8 Å². The van der Waals surface area contributed by atoms with Crippen LogP contribution in [0.25, 0.3) is 16.8 Å². The normalized spacial score (nSPS) is 14.5. The molecule has 5 aromatic carbocycles. The number of urea groups is 1. The Morgan fingerprint density at radius 3 is 2.21 bits per heavy atom. The molecule has 0 saturated carbocycles. The zero-order chi connectivity index (χ0) is 29.9. The molecule has 7 heteroatoms. The monoisotopic (exact) mass is 568 g/mol. The minimum absolute atomic E-state index is 0.158. The van der Waals surface area contributed by atoms with Crippen LogP contribution in [0.2, 0.25) is 0 Å². The van der Waals surface area contributed by atoms with Gasteiger partial charge in [0.05, 0.1) is 18.5 Å². The van der Waals surface area contributed by atoms with Crippen LogP contribution >= 0.6 is 0 Å². The lowest BCUT2D eigenvalue weighted by molar-refractivity contribution is -0.121. The Morgan fingerprint density at radius 2 is 1.42 bits per heavy atom. The Kier molecular flexibility index (Phi) is 7.45. The van der Waals surface area contributed by atoms with Crippen molar-refractivity contribution in [2.75, 3.05) is 16.9 Å². The number of carbonyl (C=O) groups excluding carboxylic acids is 3. The third-order valence-electron chi connectivity index (χ3n) is 7.25. The summed E-state index contributed by atoms with van der Waals surface area (Å²) in [5.41, 5.74) is 3.02. The van der Waals surface area contributed by atoms with E-state index >= 15 is 0 Å². The molecule has 0 N–H and O–H groups in total. The first-order chi connectivity index (χ1) is 20.9. The highest BCUT2D eigenvalue weighted by atomic mass is 16.5. The fourth-order valence-corrected chi connectivity index (χ4v) is 5.14. The van der Waals surface area contributed by atoms with E-state index in [1.165, 1.54) is 13.2 Å². The summed E-state index contributed by atoms with van der Waals surface area (Å²) < 4.78 is 11.6. The fraction of sp³-hybridized carbons (Fsp3) is 0.0833. The van der Waals surface area contributed by atoms with Gasteiger partial charge in [0.2, 0.25) is 0 Å². The van der Waals surface area contributed by atoms with E-state index in [9.17, 15) is 14.4 Å². The summed E-state index contributed by atoms with van der Waals surface area (Å²) in [5.74, 6) is -0.457. The van der Waals surface area contributed by atoms with Crippen LogP contribution in [0.3, 0.4) is 0 Å². The standard InChI is InChI=1S/C36H28N2O5/c1-24-10-8-15-28(20-24)37-34(39)30(35(40)38(36(37)41)31-17-9-14-27-13-6-7-16-29(27)31)21-26-18-19-32(33(22-26)42-2)43-23-25-11-4-3-5-12-25/h3-22H,23H2,1-2H3/b30-21+. The number of ether oxygens (including phenoxy) is 2. The number of hydrogen-bond donors (Lipinski definition) is 0. The van der Waals surface area contributed by atoms with Crippen LogP contribution in [0.5, 0.6) is 11.5 Å². The topological polar surface area (TPSA) is 76.2 Å². The number of fused-ring (bicyclic) bond motifs is 1. The van der Waals surface area contributed by atoms with Gasteiger partial charge in [-0.25, -0.2) is 14.6 Å². The van der Waals surface area contributed by atoms with Crippen LogP contribution in [-0.2, 0) is 16.2 Å². The fourth-order valence-electron chi connectivity index (χ4n) is 5.14. The zero-order valence-corrected chi connectivity index (χ0v) is 23.7. The van der Waals surface area contributed by atoms with Crippen molar-refractivity contribution in [1.29, 1.82) is 0 Å². The number of benzene rings is 5. The average Bonchev–Trinajstić information content (AvgIpc) is 3.03. The predicted molar refractivity (Wildman–Crippen MR) is 167 cm³/mol. The van der Waals surface area contributed by atoms with E-state index in [0.29, 0.717) is 40.4 Å². The van der Waals surface area contributed by atoms with Crippen molar-refractivity contribution >= 4 is 46.1 Å². The van der Waals surface area contributed by atoms with Crippen LogP contribution < -0.4 is 19.3 Å². The molecule has 1 aliphatic rings. The zero-order valence-electron chi connectivity index (χ0n) is 23.7. The molecule has 0 atom stereocenters. The highest BCUT2D eigenvalue weighted by Gasteiger charge is 2.44. The summed E-state index contributed by atoms with van der Waals surface area (Å²) >= 11 is 0. The largest absolute Gasteiger partial charge is 0.493 e. The molecule has 1 saturated heterocycles. The molecule has 1 aliphatic heterocycles. The molecular formula is C36H28N2O5. The van der Waals surface area contributed by atoms with E-state index in [-0.39, 0.29) is 5.57 Å². The maximum absolute atomic E-state index is 14.1. The highest BCUT2D eigenvalue weighted by molar-refractivity contribution is 6.46. The molecular weight excluding hydrogens is 540 g/mol. The summed E-state index contributed by atoms with van der Waals surface area (Å²) in [6.07, 6.45) is 1.49. The second-order valence-corrected chi connectivity index (χ2v) is 10.1. The molecule has 0 bridgehead atoms. The van der Waals surface area contributed by atoms with Crippen LogP contribution in [0.4, 0.5) is 16.2 Å². The van der Waals surface area contributed by atoms with Gasteiger partial charge in [0, 0.05) is 5.39 Å². The Labute approximate surface area is 249 Å². The number of rotatable bonds is 7. The van der Waals surface area contributed by atoms with Gasteiger partial charge < -0.3 is 9.47 Å². The van der Waals surface area contributed by atoms with Gasteiger partial charge in [-0.05, 0) is 65.4 Å². The van der Waals surface area contributed by atoms with Crippen molar-refractivity contribution in [2.24, 2.45) is 0 Å². The van der Waals surface area contributed by atoms with Gasteiger partial charge in [0.1, 0.15) is 12.2 Å². The number of carbonyl (C=O) groups is 3. The maximum Gasteiger partial charge on any atom is 0.343 e. The molecule has 5 aromatic rings. The number of imide groups is 2. The van der Waals surface area contributed by atoms with E-state index in [1.54, 1.807) is 48.5 Å². The van der Waals surface area contributed by atoms with Crippen LogP contribution in [0.1, 0.15) is 16.7 Å². The Balaban J connectivity index is 1.43. The number of methoxy groups -OCH3 is 1. The highest BCUT2D eigenvalue weighted by Crippen LogP contribution is 2.35. The van der Waals surface area contributed by atoms with Gasteiger partial charge in [-0.15, -0.1) is 0 Å². The molecule has 0 radical (unpaired) electrons. The van der Waals surface area contributed by atoms with E-state index in [2.05, 4.69) is 0 Å². The van der Waals surface area contributed by atoms with Crippen LogP contribution in [0.15, 0.2) is 121 Å². The predicted octanol–water partition coefficient (Wildman–Crippen LogP) is 7.32. The van der Waals surface area contributed by atoms with Crippen molar-refractivity contribution < 1.29 is 23.9 Å². The molecule has 1 fully saturated rings. The number of barbiturate groups is 1. The van der Waals surface area contributed by atoms with Crippen molar-refractivity contribution in [3.63, 3.8) is 0 Å². The summed E-state index contributed by atoms with van der Waals surface area (Å²) in [6, 6.07) is 34.2. The molecule has 43 heavy (non-hydrogen) atoms. The summed E-state index contributed by atoms with van der Waals surface area (Å²) in [6.45, 7) is 2.22. The van der Waals surface area contributed by atoms with Crippen LogP contribution in [-0.4, -0.2) is 25.0 Å². The van der Waals surface area contributed by atoms with Gasteiger partial charge in [0.15, 0.2) is 11.5 Å². The van der Waals surface area contributed by atoms with E-state index in [1.807, 2.05) is 73.7 Å². The third kappa shape index (κ3) is 5.36. The van der Waals surface area contributed by atoms with Crippen molar-refractivity contribution in [1.82, 2.24) is 0 Å². The van der Waals surface area contributed by atoms with E-state index in [4.69, 9.17) is 9.47 Å². The summed E-state index contributed by atoms with van der Waals surface area (Å²) in [4.78, 5) is 44.1. The minimum Gasteiger partial charge on any atom is -0.493 e.